The van der Waals surface area contributed by atoms with Gasteiger partial charge in [0.15, 0.2) is 0 Å². The minimum absolute atomic E-state index is 0.144. The van der Waals surface area contributed by atoms with Crippen molar-refractivity contribution in [2.24, 2.45) is 14.1 Å². The average Bonchev–Trinajstić information content (AvgIpc) is 3.23. The van der Waals surface area contributed by atoms with Crippen LogP contribution >= 0.6 is 0 Å². The van der Waals surface area contributed by atoms with Crippen LogP contribution in [0, 0.1) is 6.92 Å². The Balaban J connectivity index is 1.84. The second-order valence-electron chi connectivity index (χ2n) is 8.40. The van der Waals surface area contributed by atoms with E-state index in [1.54, 1.807) is 5.56 Å². The molecule has 0 amide bonds. The van der Waals surface area contributed by atoms with Gasteiger partial charge in [-0.05, 0) is 44.4 Å². The van der Waals surface area contributed by atoms with Gasteiger partial charge >= 0.3 is 0 Å². The molecule has 0 N–H and O–H groups in total. The van der Waals surface area contributed by atoms with Gasteiger partial charge in [0.05, 0.1) is 22.6 Å². The van der Waals surface area contributed by atoms with Crippen LogP contribution < -0.4 is 4.90 Å². The molecule has 1 aromatic carbocycles. The normalized spacial score (nSPS) is 21.7. The zero-order chi connectivity index (χ0) is 18.1. The number of aryl methyl sites for hydroxylation is 3. The first kappa shape index (κ1) is 16.0. The first-order chi connectivity index (χ1) is 12.6. The third-order valence-electron chi connectivity index (χ3n) is 7.03. The fourth-order valence-electron chi connectivity index (χ4n) is 5.97. The highest BCUT2D eigenvalue weighted by atomic mass is 15.3. The summed E-state index contributed by atoms with van der Waals surface area (Å²) in [7, 11) is 4.47. The van der Waals surface area contributed by atoms with Gasteiger partial charge in [-0.2, -0.15) is 0 Å². The quantitative estimate of drug-likeness (QED) is 0.561. The fraction of sp³-hybridized carbons (Fsp3) is 0.478. The summed E-state index contributed by atoms with van der Waals surface area (Å²) >= 11 is 0. The predicted molar refractivity (Wildman–Crippen MR) is 109 cm³/mol. The van der Waals surface area contributed by atoms with E-state index in [1.165, 1.54) is 60.1 Å². The van der Waals surface area contributed by atoms with Crippen LogP contribution in [0.3, 0.4) is 0 Å². The maximum absolute atomic E-state index is 2.78. The molecule has 1 aliphatic heterocycles. The molecular formula is C23H29N3. The maximum Gasteiger partial charge on any atom is 0.0720 e. The molecule has 0 bridgehead atoms. The Morgan fingerprint density at radius 2 is 1.73 bits per heavy atom. The largest absolute Gasteiger partial charge is 0.353 e. The van der Waals surface area contributed by atoms with Crippen molar-refractivity contribution in [3.63, 3.8) is 0 Å². The third-order valence-corrected chi connectivity index (χ3v) is 7.03. The van der Waals surface area contributed by atoms with E-state index in [-0.39, 0.29) is 5.54 Å². The highest BCUT2D eigenvalue weighted by molar-refractivity contribution is 5.87. The molecule has 1 saturated carbocycles. The molecule has 1 spiro atoms. The van der Waals surface area contributed by atoms with E-state index in [1.807, 2.05) is 0 Å². The SMILES string of the molecule is Cc1ccccc1N1C(C)c2c(c3c(ccn3C)n2C)C12CCCCC2. The van der Waals surface area contributed by atoms with Crippen LogP contribution in [0.25, 0.3) is 11.0 Å². The summed E-state index contributed by atoms with van der Waals surface area (Å²) < 4.78 is 4.81. The Bertz CT molecular complexity index is 984. The first-order valence-corrected chi connectivity index (χ1v) is 10.1. The number of nitrogens with zero attached hydrogens (tertiary/aromatic N) is 3. The molecule has 5 rings (SSSR count). The standard InChI is InChI=1S/C23H29N3/c1-16-10-6-7-11-18(16)26-17(2)21-20(23(26)13-8-5-9-14-23)22-19(25(21)4)12-15-24(22)3/h6-7,10-12,15,17H,5,8-9,13-14H2,1-4H3. The van der Waals surface area contributed by atoms with Crippen molar-refractivity contribution in [1.82, 2.24) is 9.13 Å². The van der Waals surface area contributed by atoms with Crippen LogP contribution in [0.1, 0.15) is 61.9 Å². The van der Waals surface area contributed by atoms with Crippen molar-refractivity contribution >= 4 is 16.7 Å². The molecule has 3 heterocycles. The van der Waals surface area contributed by atoms with Gasteiger partial charge in [-0.15, -0.1) is 0 Å². The summed E-state index contributed by atoms with van der Waals surface area (Å²) in [6.45, 7) is 4.67. The zero-order valence-electron chi connectivity index (χ0n) is 16.4. The lowest BCUT2D eigenvalue weighted by atomic mass is 9.76. The number of hydrogen-bond acceptors (Lipinski definition) is 1. The molecule has 2 aliphatic rings. The van der Waals surface area contributed by atoms with Gasteiger partial charge in [0.1, 0.15) is 0 Å². The molecule has 1 aliphatic carbocycles. The second-order valence-corrected chi connectivity index (χ2v) is 8.40. The van der Waals surface area contributed by atoms with Gasteiger partial charge in [0, 0.05) is 37.2 Å². The average molecular weight is 348 g/mol. The van der Waals surface area contributed by atoms with Crippen molar-refractivity contribution in [2.75, 3.05) is 4.90 Å². The number of hydrogen-bond donors (Lipinski definition) is 0. The van der Waals surface area contributed by atoms with Crippen molar-refractivity contribution < 1.29 is 0 Å². The van der Waals surface area contributed by atoms with E-state index in [2.05, 4.69) is 78.5 Å². The molecule has 136 valence electrons. The van der Waals surface area contributed by atoms with E-state index < -0.39 is 0 Å². The molecule has 2 aromatic heterocycles. The van der Waals surface area contributed by atoms with Crippen LogP contribution in [-0.4, -0.2) is 9.13 Å². The van der Waals surface area contributed by atoms with Gasteiger partial charge < -0.3 is 14.0 Å². The minimum Gasteiger partial charge on any atom is -0.353 e. The lowest BCUT2D eigenvalue weighted by Crippen LogP contribution is -2.44. The topological polar surface area (TPSA) is 13.1 Å². The lowest BCUT2D eigenvalue weighted by molar-refractivity contribution is 0.285. The minimum atomic E-state index is 0.144. The van der Waals surface area contributed by atoms with E-state index in [9.17, 15) is 0 Å². The van der Waals surface area contributed by atoms with Gasteiger partial charge in [-0.3, -0.25) is 0 Å². The fourth-order valence-corrected chi connectivity index (χ4v) is 5.97. The van der Waals surface area contributed by atoms with Crippen LogP contribution in [0.15, 0.2) is 36.5 Å². The first-order valence-electron chi connectivity index (χ1n) is 10.1. The number of anilines is 1. The molecule has 1 unspecified atom stereocenters. The third kappa shape index (κ3) is 1.84. The van der Waals surface area contributed by atoms with Crippen molar-refractivity contribution in [2.45, 2.75) is 57.5 Å². The molecule has 3 nitrogen and oxygen atoms in total. The number of para-hydroxylation sites is 1. The molecule has 0 saturated heterocycles. The van der Waals surface area contributed by atoms with E-state index in [0.29, 0.717) is 6.04 Å². The Morgan fingerprint density at radius 3 is 2.46 bits per heavy atom. The van der Waals surface area contributed by atoms with E-state index in [0.717, 1.165) is 0 Å². The molecule has 0 radical (unpaired) electrons. The number of aromatic nitrogens is 2. The smallest absolute Gasteiger partial charge is 0.0720 e. The molecule has 1 fully saturated rings. The Morgan fingerprint density at radius 1 is 1.00 bits per heavy atom. The van der Waals surface area contributed by atoms with Gasteiger partial charge in [0.2, 0.25) is 0 Å². The van der Waals surface area contributed by atoms with Gasteiger partial charge in [-0.1, -0.05) is 37.5 Å². The van der Waals surface area contributed by atoms with Crippen LogP contribution in [-0.2, 0) is 19.6 Å². The number of fused-ring (bicyclic) bond motifs is 4. The van der Waals surface area contributed by atoms with Crippen molar-refractivity contribution in [3.05, 3.63) is 53.3 Å². The summed E-state index contributed by atoms with van der Waals surface area (Å²) in [6.07, 6.45) is 8.79. The lowest BCUT2D eigenvalue weighted by Gasteiger charge is -2.46. The van der Waals surface area contributed by atoms with Crippen LogP contribution in [0.5, 0.6) is 0 Å². The highest BCUT2D eigenvalue weighted by Crippen LogP contribution is 2.58. The van der Waals surface area contributed by atoms with Crippen LogP contribution in [0.2, 0.25) is 0 Å². The Hall–Kier alpha value is -2.16. The number of rotatable bonds is 1. The van der Waals surface area contributed by atoms with Crippen molar-refractivity contribution in [1.29, 1.82) is 0 Å². The van der Waals surface area contributed by atoms with Gasteiger partial charge in [-0.25, -0.2) is 0 Å². The molecular weight excluding hydrogens is 318 g/mol. The monoisotopic (exact) mass is 347 g/mol. The molecule has 26 heavy (non-hydrogen) atoms. The summed E-state index contributed by atoms with van der Waals surface area (Å²) in [6, 6.07) is 11.6. The Kier molecular flexibility index (Phi) is 3.34. The van der Waals surface area contributed by atoms with Crippen molar-refractivity contribution in [3.8, 4) is 0 Å². The number of benzene rings is 1. The summed E-state index contributed by atoms with van der Waals surface area (Å²) in [4.78, 5) is 2.78. The Labute approximate surface area is 156 Å². The zero-order valence-corrected chi connectivity index (χ0v) is 16.4. The highest BCUT2D eigenvalue weighted by Gasteiger charge is 2.52. The predicted octanol–water partition coefficient (Wildman–Crippen LogP) is 5.57. The molecule has 1 atom stereocenters. The van der Waals surface area contributed by atoms with E-state index >= 15 is 0 Å². The van der Waals surface area contributed by atoms with Gasteiger partial charge in [0.25, 0.3) is 0 Å². The maximum atomic E-state index is 2.78. The summed E-state index contributed by atoms with van der Waals surface area (Å²) in [5.41, 5.74) is 8.92. The summed E-state index contributed by atoms with van der Waals surface area (Å²) in [5.74, 6) is 0. The van der Waals surface area contributed by atoms with Crippen LogP contribution in [0.4, 0.5) is 5.69 Å². The molecule has 3 aromatic rings. The summed E-state index contributed by atoms with van der Waals surface area (Å²) in [5, 5.41) is 0. The molecule has 3 heteroatoms. The second kappa shape index (κ2) is 5.42. The van der Waals surface area contributed by atoms with E-state index in [4.69, 9.17) is 0 Å².